The van der Waals surface area contributed by atoms with E-state index in [2.05, 4.69) is 28.9 Å². The minimum Gasteiger partial charge on any atom is -0.460 e. The Balaban J connectivity index is 1.91. The van der Waals surface area contributed by atoms with Gasteiger partial charge in [0.15, 0.2) is 0 Å². The number of benzene rings is 2. The average molecular weight is 547 g/mol. The van der Waals surface area contributed by atoms with E-state index in [1.54, 1.807) is 24.3 Å². The van der Waals surface area contributed by atoms with Crippen molar-refractivity contribution < 1.29 is 23.9 Å². The van der Waals surface area contributed by atoms with Gasteiger partial charge in [0.2, 0.25) is 17.7 Å². The molecule has 5 atom stereocenters. The predicted octanol–water partition coefficient (Wildman–Crippen LogP) is 2.96. The van der Waals surface area contributed by atoms with Gasteiger partial charge in [0, 0.05) is 12.8 Å². The first-order valence-electron chi connectivity index (χ1n) is 13.8. The van der Waals surface area contributed by atoms with Gasteiger partial charge in [-0.15, -0.1) is 0 Å². The number of carbonyl (C=O) groups is 4. The van der Waals surface area contributed by atoms with Gasteiger partial charge in [-0.2, -0.15) is 5.26 Å². The summed E-state index contributed by atoms with van der Waals surface area (Å²) in [5, 5.41) is 17.3. The van der Waals surface area contributed by atoms with Crippen LogP contribution in [0.1, 0.15) is 63.1 Å². The minimum absolute atomic E-state index is 0.109. The molecule has 9 nitrogen and oxygen atoms in total. The highest BCUT2D eigenvalue weighted by Gasteiger charge is 2.33. The zero-order chi connectivity index (χ0) is 29.1. The van der Waals surface area contributed by atoms with Crippen LogP contribution in [0.3, 0.4) is 0 Å². The second kappa shape index (κ2) is 14.8. The highest BCUT2D eigenvalue weighted by molar-refractivity contribution is 5.94. The van der Waals surface area contributed by atoms with E-state index in [-0.39, 0.29) is 25.2 Å². The molecule has 9 heteroatoms. The van der Waals surface area contributed by atoms with Gasteiger partial charge in [0.25, 0.3) is 0 Å². The highest BCUT2D eigenvalue weighted by atomic mass is 16.5. The fourth-order valence-electron chi connectivity index (χ4n) is 4.62. The maximum atomic E-state index is 13.5. The van der Waals surface area contributed by atoms with Crippen molar-refractivity contribution in [2.24, 2.45) is 5.92 Å². The predicted molar refractivity (Wildman–Crippen MR) is 150 cm³/mol. The second-order valence-electron chi connectivity index (χ2n) is 10.4. The van der Waals surface area contributed by atoms with Crippen LogP contribution in [-0.2, 0) is 36.8 Å². The smallest absolute Gasteiger partial charge is 0.329 e. The van der Waals surface area contributed by atoms with E-state index in [0.717, 1.165) is 30.4 Å². The molecule has 1 aliphatic rings. The topological polar surface area (TPSA) is 137 Å². The van der Waals surface area contributed by atoms with Gasteiger partial charge in [-0.3, -0.25) is 14.4 Å². The zero-order valence-corrected chi connectivity index (χ0v) is 23.3. The largest absolute Gasteiger partial charge is 0.460 e. The van der Waals surface area contributed by atoms with E-state index >= 15 is 0 Å². The Morgan fingerprint density at radius 1 is 0.900 bits per heavy atom. The Labute approximate surface area is 235 Å². The molecule has 0 saturated carbocycles. The van der Waals surface area contributed by atoms with Crippen molar-refractivity contribution in [2.45, 2.75) is 83.5 Å². The van der Waals surface area contributed by atoms with Crippen LogP contribution in [0, 0.1) is 17.2 Å². The van der Waals surface area contributed by atoms with Gasteiger partial charge in [0.05, 0.1) is 18.1 Å². The van der Waals surface area contributed by atoms with Crippen LogP contribution in [0.25, 0.3) is 0 Å². The van der Waals surface area contributed by atoms with E-state index in [1.165, 1.54) is 6.92 Å². The normalized spacial score (nSPS) is 23.1. The van der Waals surface area contributed by atoms with Crippen molar-refractivity contribution in [3.63, 3.8) is 0 Å². The number of esters is 1. The molecule has 0 aromatic heterocycles. The van der Waals surface area contributed by atoms with Crippen molar-refractivity contribution in [3.8, 4) is 6.07 Å². The zero-order valence-electron chi connectivity index (χ0n) is 23.3. The summed E-state index contributed by atoms with van der Waals surface area (Å²) in [4.78, 5) is 53.0. The average Bonchev–Trinajstić information content (AvgIpc) is 2.95. The fourth-order valence-corrected chi connectivity index (χ4v) is 4.62. The summed E-state index contributed by atoms with van der Waals surface area (Å²) < 4.78 is 5.91. The molecular formula is C31H38N4O5. The standard InChI is InChI=1S/C31H38N4O5/c1-4-5-9-20(2)27-18-28(36)34-25(16-22-10-7-6-8-11-22)30(38)33-21(3)29(37)35-26(31(39)40-27)17-23-12-14-24(19-32)15-13-23/h6-8,10-15,20-21,25-27H,4-5,9,16-18H2,1-3H3,(H,33,38)(H,34,36)(H,35,37)/t20-,21+,25+,26-,27+/m0/s1. The van der Waals surface area contributed by atoms with Crippen LogP contribution >= 0.6 is 0 Å². The van der Waals surface area contributed by atoms with Gasteiger partial charge in [-0.1, -0.05) is 69.2 Å². The van der Waals surface area contributed by atoms with Crippen molar-refractivity contribution in [3.05, 3.63) is 71.3 Å². The summed E-state index contributed by atoms with van der Waals surface area (Å²) in [5.41, 5.74) is 2.05. The molecule has 1 fully saturated rings. The van der Waals surface area contributed by atoms with Crippen molar-refractivity contribution in [1.82, 2.24) is 16.0 Å². The third kappa shape index (κ3) is 8.94. The van der Waals surface area contributed by atoms with Gasteiger partial charge < -0.3 is 20.7 Å². The first-order chi connectivity index (χ1) is 19.2. The highest BCUT2D eigenvalue weighted by Crippen LogP contribution is 2.20. The van der Waals surface area contributed by atoms with Crippen LogP contribution in [0.5, 0.6) is 0 Å². The molecule has 1 aliphatic heterocycles. The lowest BCUT2D eigenvalue weighted by Crippen LogP contribution is -2.55. The van der Waals surface area contributed by atoms with E-state index in [0.29, 0.717) is 5.56 Å². The first kappa shape index (κ1) is 30.4. The number of nitriles is 1. The number of rotatable bonds is 8. The molecule has 2 aromatic carbocycles. The molecule has 3 rings (SSSR count). The fraction of sp³-hybridized carbons (Fsp3) is 0.452. The molecule has 0 bridgehead atoms. The summed E-state index contributed by atoms with van der Waals surface area (Å²) in [6.07, 6.45) is 2.12. The summed E-state index contributed by atoms with van der Waals surface area (Å²) in [5.74, 6) is -2.23. The molecule has 0 radical (unpaired) electrons. The molecule has 0 aliphatic carbocycles. The Bertz CT molecular complexity index is 1210. The Morgan fingerprint density at radius 3 is 2.20 bits per heavy atom. The maximum Gasteiger partial charge on any atom is 0.329 e. The monoisotopic (exact) mass is 546 g/mol. The number of hydrogen-bond donors (Lipinski definition) is 3. The quantitative estimate of drug-likeness (QED) is 0.436. The number of ether oxygens (including phenoxy) is 1. The number of cyclic esters (lactones) is 1. The molecule has 40 heavy (non-hydrogen) atoms. The van der Waals surface area contributed by atoms with Crippen molar-refractivity contribution >= 4 is 23.7 Å². The van der Waals surface area contributed by atoms with Gasteiger partial charge >= 0.3 is 5.97 Å². The molecule has 1 heterocycles. The number of nitrogens with zero attached hydrogens (tertiary/aromatic N) is 1. The molecule has 3 amide bonds. The number of unbranched alkanes of at least 4 members (excludes halogenated alkanes) is 1. The first-order valence-corrected chi connectivity index (χ1v) is 13.8. The minimum atomic E-state index is -1.05. The lowest BCUT2D eigenvalue weighted by molar-refractivity contribution is -0.157. The molecule has 1 saturated heterocycles. The van der Waals surface area contributed by atoms with Crippen molar-refractivity contribution in [2.75, 3.05) is 0 Å². The summed E-state index contributed by atoms with van der Waals surface area (Å²) >= 11 is 0. The van der Waals surface area contributed by atoms with E-state index in [4.69, 9.17) is 10.00 Å². The van der Waals surface area contributed by atoms with E-state index in [9.17, 15) is 19.2 Å². The van der Waals surface area contributed by atoms with Crippen molar-refractivity contribution in [1.29, 1.82) is 5.26 Å². The Morgan fingerprint density at radius 2 is 1.55 bits per heavy atom. The SMILES string of the molecule is CCCC[C@H](C)[C@H]1CC(=O)N[C@H](Cc2ccccc2)C(=O)N[C@H](C)C(=O)N[C@@H](Cc2ccc(C#N)cc2)C(=O)O1. The van der Waals surface area contributed by atoms with Crippen LogP contribution in [0.15, 0.2) is 54.6 Å². The summed E-state index contributed by atoms with van der Waals surface area (Å²) in [6, 6.07) is 15.1. The van der Waals surface area contributed by atoms with Crippen LogP contribution < -0.4 is 16.0 Å². The molecular weight excluding hydrogens is 508 g/mol. The number of carbonyl (C=O) groups excluding carboxylic acids is 4. The van der Waals surface area contributed by atoms with Gasteiger partial charge in [0.1, 0.15) is 24.2 Å². The lowest BCUT2D eigenvalue weighted by atomic mass is 9.95. The molecule has 3 N–H and O–H groups in total. The summed E-state index contributed by atoms with van der Waals surface area (Å²) in [6.45, 7) is 5.52. The second-order valence-corrected chi connectivity index (χ2v) is 10.4. The summed E-state index contributed by atoms with van der Waals surface area (Å²) in [7, 11) is 0. The lowest BCUT2D eigenvalue weighted by Gasteiger charge is -2.27. The third-order valence-corrected chi connectivity index (χ3v) is 7.11. The Kier molecular flexibility index (Phi) is 11.2. The molecule has 2 aromatic rings. The van der Waals surface area contributed by atoms with Crippen LogP contribution in [0.4, 0.5) is 0 Å². The van der Waals surface area contributed by atoms with E-state index < -0.39 is 47.9 Å². The molecule has 212 valence electrons. The van der Waals surface area contributed by atoms with Crippen LogP contribution in [0.2, 0.25) is 0 Å². The number of nitrogens with one attached hydrogen (secondary N) is 3. The molecule has 0 spiro atoms. The van der Waals surface area contributed by atoms with Crippen LogP contribution in [-0.4, -0.2) is 47.9 Å². The Hall–Kier alpha value is -4.19. The third-order valence-electron chi connectivity index (χ3n) is 7.11. The molecule has 0 unspecified atom stereocenters. The van der Waals surface area contributed by atoms with Gasteiger partial charge in [-0.25, -0.2) is 4.79 Å². The van der Waals surface area contributed by atoms with E-state index in [1.807, 2.05) is 37.3 Å². The number of amides is 3. The van der Waals surface area contributed by atoms with Gasteiger partial charge in [-0.05, 0) is 42.5 Å². The maximum absolute atomic E-state index is 13.5. The number of hydrogen-bond acceptors (Lipinski definition) is 6.